The number of hydrogen-bond donors (Lipinski definition) is 1. The summed E-state index contributed by atoms with van der Waals surface area (Å²) in [5.74, 6) is -0.122. The standard InChI is InChI=1S/C21H26N4O3/c1-3-28-21(27)25-11-9-24(10-12-25)20(26)19-14-18(7-8-22-19)23-15-17-6-4-5-16(2)13-17/h4-8,13-14H,3,9-12,15H2,1-2H3,(H,22,23). The van der Waals surface area contributed by atoms with Crippen molar-refractivity contribution >= 4 is 17.7 Å². The van der Waals surface area contributed by atoms with Crippen LogP contribution < -0.4 is 5.32 Å². The molecule has 0 radical (unpaired) electrons. The first-order valence-electron chi connectivity index (χ1n) is 9.53. The Bertz CT molecular complexity index is 832. The summed E-state index contributed by atoms with van der Waals surface area (Å²) in [6, 6.07) is 11.9. The normalized spacial score (nSPS) is 13.9. The van der Waals surface area contributed by atoms with Gasteiger partial charge in [0, 0.05) is 44.6 Å². The Balaban J connectivity index is 1.57. The Labute approximate surface area is 165 Å². The van der Waals surface area contributed by atoms with E-state index in [0.29, 0.717) is 45.0 Å². The molecule has 3 rings (SSSR count). The van der Waals surface area contributed by atoms with E-state index in [2.05, 4.69) is 35.4 Å². The number of hydrogen-bond acceptors (Lipinski definition) is 5. The number of pyridine rings is 1. The number of ether oxygens (including phenoxy) is 1. The molecule has 7 nitrogen and oxygen atoms in total. The van der Waals surface area contributed by atoms with Gasteiger partial charge in [-0.2, -0.15) is 0 Å². The number of aryl methyl sites for hydroxylation is 1. The molecule has 1 saturated heterocycles. The van der Waals surface area contributed by atoms with Crippen molar-refractivity contribution in [2.75, 3.05) is 38.1 Å². The predicted molar refractivity (Wildman–Crippen MR) is 107 cm³/mol. The largest absolute Gasteiger partial charge is 0.450 e. The molecular formula is C21H26N4O3. The zero-order valence-corrected chi connectivity index (χ0v) is 16.4. The van der Waals surface area contributed by atoms with Crippen LogP contribution in [-0.4, -0.2) is 59.6 Å². The van der Waals surface area contributed by atoms with E-state index >= 15 is 0 Å². The number of nitrogens with one attached hydrogen (secondary N) is 1. The van der Waals surface area contributed by atoms with Gasteiger partial charge in [-0.05, 0) is 31.5 Å². The van der Waals surface area contributed by atoms with E-state index in [4.69, 9.17) is 4.74 Å². The Morgan fingerprint density at radius 2 is 1.86 bits per heavy atom. The van der Waals surface area contributed by atoms with Crippen LogP contribution in [0.4, 0.5) is 10.5 Å². The predicted octanol–water partition coefficient (Wildman–Crippen LogP) is 2.92. The summed E-state index contributed by atoms with van der Waals surface area (Å²) in [6.07, 6.45) is 1.32. The second-order valence-electron chi connectivity index (χ2n) is 6.75. The van der Waals surface area contributed by atoms with Crippen LogP contribution in [0.25, 0.3) is 0 Å². The highest BCUT2D eigenvalue weighted by atomic mass is 16.6. The number of anilines is 1. The maximum atomic E-state index is 12.8. The van der Waals surface area contributed by atoms with Gasteiger partial charge < -0.3 is 19.9 Å². The average molecular weight is 382 g/mol. The maximum absolute atomic E-state index is 12.8. The number of amides is 2. The number of aromatic nitrogens is 1. The van der Waals surface area contributed by atoms with Crippen LogP contribution in [-0.2, 0) is 11.3 Å². The molecule has 1 aliphatic rings. The van der Waals surface area contributed by atoms with Gasteiger partial charge in [0.15, 0.2) is 0 Å². The van der Waals surface area contributed by atoms with Gasteiger partial charge in [-0.25, -0.2) is 4.79 Å². The van der Waals surface area contributed by atoms with Crippen molar-refractivity contribution in [1.29, 1.82) is 0 Å². The van der Waals surface area contributed by atoms with Gasteiger partial charge in [-0.15, -0.1) is 0 Å². The molecule has 1 aromatic carbocycles. The fraction of sp³-hybridized carbons (Fsp3) is 0.381. The molecule has 0 saturated carbocycles. The zero-order valence-electron chi connectivity index (χ0n) is 16.4. The highest BCUT2D eigenvalue weighted by Gasteiger charge is 2.26. The van der Waals surface area contributed by atoms with Crippen LogP contribution in [0, 0.1) is 6.92 Å². The average Bonchev–Trinajstić information content (AvgIpc) is 2.72. The molecule has 2 aromatic rings. The number of carbonyl (C=O) groups is 2. The maximum Gasteiger partial charge on any atom is 0.409 e. The third kappa shape index (κ3) is 5.00. The fourth-order valence-corrected chi connectivity index (χ4v) is 3.15. The van der Waals surface area contributed by atoms with Crippen LogP contribution in [0.5, 0.6) is 0 Å². The molecule has 148 valence electrons. The molecule has 0 aliphatic carbocycles. The second-order valence-corrected chi connectivity index (χ2v) is 6.75. The third-order valence-corrected chi connectivity index (χ3v) is 4.65. The van der Waals surface area contributed by atoms with Gasteiger partial charge in [0.25, 0.3) is 5.91 Å². The highest BCUT2D eigenvalue weighted by Crippen LogP contribution is 2.14. The Kier molecular flexibility index (Phi) is 6.47. The molecule has 7 heteroatoms. The molecule has 1 aliphatic heterocycles. The SMILES string of the molecule is CCOC(=O)N1CCN(C(=O)c2cc(NCc3cccc(C)c3)ccn2)CC1. The molecule has 0 atom stereocenters. The van der Waals surface area contributed by atoms with Gasteiger partial charge >= 0.3 is 6.09 Å². The van der Waals surface area contributed by atoms with Crippen LogP contribution in [0.15, 0.2) is 42.6 Å². The lowest BCUT2D eigenvalue weighted by molar-refractivity contribution is 0.0566. The van der Waals surface area contributed by atoms with E-state index in [9.17, 15) is 9.59 Å². The van der Waals surface area contributed by atoms with E-state index in [0.717, 1.165) is 5.69 Å². The van der Waals surface area contributed by atoms with Crippen molar-refractivity contribution < 1.29 is 14.3 Å². The first-order valence-corrected chi connectivity index (χ1v) is 9.53. The number of carbonyl (C=O) groups excluding carboxylic acids is 2. The lowest BCUT2D eigenvalue weighted by Crippen LogP contribution is -2.50. The van der Waals surface area contributed by atoms with E-state index in [1.165, 1.54) is 11.1 Å². The third-order valence-electron chi connectivity index (χ3n) is 4.65. The molecule has 1 fully saturated rings. The molecule has 1 N–H and O–H groups in total. The van der Waals surface area contributed by atoms with Crippen molar-refractivity contribution in [2.45, 2.75) is 20.4 Å². The number of piperazine rings is 1. The van der Waals surface area contributed by atoms with Gasteiger partial charge in [0.05, 0.1) is 6.61 Å². The minimum absolute atomic E-state index is 0.122. The van der Waals surface area contributed by atoms with E-state index in [1.807, 2.05) is 12.1 Å². The quantitative estimate of drug-likeness (QED) is 0.861. The van der Waals surface area contributed by atoms with Crippen molar-refractivity contribution in [3.8, 4) is 0 Å². The summed E-state index contributed by atoms with van der Waals surface area (Å²) in [7, 11) is 0. The summed E-state index contributed by atoms with van der Waals surface area (Å²) in [4.78, 5) is 32.1. The lowest BCUT2D eigenvalue weighted by atomic mass is 10.1. The van der Waals surface area contributed by atoms with Crippen LogP contribution in [0.1, 0.15) is 28.5 Å². The number of rotatable bonds is 5. The lowest BCUT2D eigenvalue weighted by Gasteiger charge is -2.33. The Morgan fingerprint density at radius 1 is 1.11 bits per heavy atom. The smallest absolute Gasteiger partial charge is 0.409 e. The van der Waals surface area contributed by atoms with Crippen molar-refractivity contribution in [2.24, 2.45) is 0 Å². The molecule has 0 unspecified atom stereocenters. The van der Waals surface area contributed by atoms with Crippen molar-refractivity contribution in [3.05, 3.63) is 59.4 Å². The molecule has 1 aromatic heterocycles. The first kappa shape index (κ1) is 19.7. The highest BCUT2D eigenvalue weighted by molar-refractivity contribution is 5.93. The van der Waals surface area contributed by atoms with Crippen LogP contribution >= 0.6 is 0 Å². The van der Waals surface area contributed by atoms with Crippen LogP contribution in [0.2, 0.25) is 0 Å². The topological polar surface area (TPSA) is 74.8 Å². The van der Waals surface area contributed by atoms with Crippen molar-refractivity contribution in [1.82, 2.24) is 14.8 Å². The summed E-state index contributed by atoms with van der Waals surface area (Å²) in [6.45, 7) is 6.76. The minimum atomic E-state index is -0.324. The van der Waals surface area contributed by atoms with Gasteiger partial charge in [-0.3, -0.25) is 9.78 Å². The van der Waals surface area contributed by atoms with Gasteiger partial charge in [0.1, 0.15) is 5.69 Å². The van der Waals surface area contributed by atoms with Crippen LogP contribution in [0.3, 0.4) is 0 Å². The summed E-state index contributed by atoms with van der Waals surface area (Å²) in [5, 5.41) is 3.34. The molecule has 0 spiro atoms. The van der Waals surface area contributed by atoms with Crippen molar-refractivity contribution in [3.63, 3.8) is 0 Å². The van der Waals surface area contributed by atoms with E-state index in [1.54, 1.807) is 29.0 Å². The molecule has 28 heavy (non-hydrogen) atoms. The summed E-state index contributed by atoms with van der Waals surface area (Å²) < 4.78 is 5.01. The second kappa shape index (κ2) is 9.21. The first-order chi connectivity index (χ1) is 13.6. The zero-order chi connectivity index (χ0) is 19.9. The van der Waals surface area contributed by atoms with E-state index < -0.39 is 0 Å². The molecule has 2 amide bonds. The number of nitrogens with zero attached hydrogens (tertiary/aromatic N) is 3. The Morgan fingerprint density at radius 3 is 2.57 bits per heavy atom. The van der Waals surface area contributed by atoms with E-state index in [-0.39, 0.29) is 12.0 Å². The molecular weight excluding hydrogens is 356 g/mol. The minimum Gasteiger partial charge on any atom is -0.450 e. The Hall–Kier alpha value is -3.09. The van der Waals surface area contributed by atoms with Gasteiger partial charge in [-0.1, -0.05) is 29.8 Å². The van der Waals surface area contributed by atoms with Gasteiger partial charge in [0.2, 0.25) is 0 Å². The number of benzene rings is 1. The molecule has 0 bridgehead atoms. The molecule has 2 heterocycles. The summed E-state index contributed by atoms with van der Waals surface area (Å²) >= 11 is 0. The summed E-state index contributed by atoms with van der Waals surface area (Å²) in [5.41, 5.74) is 3.65. The monoisotopic (exact) mass is 382 g/mol. The fourth-order valence-electron chi connectivity index (χ4n) is 3.15.